The first kappa shape index (κ1) is 54.6. The van der Waals surface area contributed by atoms with Crippen molar-refractivity contribution in [3.8, 4) is 0 Å². The van der Waals surface area contributed by atoms with Gasteiger partial charge in [0, 0.05) is 6.42 Å². The van der Waals surface area contributed by atoms with Gasteiger partial charge in [0.1, 0.15) is 0 Å². The standard InChI is InChI=1S/C52H99NO3/c1-3-5-7-9-11-13-15-16-17-18-19-20-21-22-23-24-25-26-27-28-29-30-31-32-33-34-35-36-38-39-41-43-45-47-51(55)50(49-54)53-52(56)48-46-44-42-40-37-14-12-10-8-6-4-2/h33-34,38-39,45,47,50-51,54-55H,3-32,35-37,40-44,46,48-49H2,1-2H3,(H,53,56)/b34-33+,39-38+,47-45+. The van der Waals surface area contributed by atoms with Gasteiger partial charge in [0.2, 0.25) is 5.91 Å². The fourth-order valence-corrected chi connectivity index (χ4v) is 7.74. The Kier molecular flexibility index (Phi) is 46.8. The Labute approximate surface area is 351 Å². The SMILES string of the molecule is CCCCCCCCCCCCCCCCCCCCCCCCC/C=C/CC/C=C/CC/C=C/C(O)C(CO)NC(=O)CCCCCCCCCCCCC. The van der Waals surface area contributed by atoms with Gasteiger partial charge in [-0.1, -0.05) is 256 Å². The summed E-state index contributed by atoms with van der Waals surface area (Å²) in [6.45, 7) is 4.30. The van der Waals surface area contributed by atoms with Gasteiger partial charge in [-0.3, -0.25) is 4.79 Å². The lowest BCUT2D eigenvalue weighted by molar-refractivity contribution is -0.123. The summed E-state index contributed by atoms with van der Waals surface area (Å²) < 4.78 is 0. The molecule has 2 unspecified atom stereocenters. The monoisotopic (exact) mass is 786 g/mol. The molecule has 0 bridgehead atoms. The maximum atomic E-state index is 12.3. The molecular weight excluding hydrogens is 687 g/mol. The van der Waals surface area contributed by atoms with Gasteiger partial charge in [-0.2, -0.15) is 0 Å². The Balaban J connectivity index is 3.50. The zero-order valence-corrected chi connectivity index (χ0v) is 37.9. The molecule has 0 fully saturated rings. The lowest BCUT2D eigenvalue weighted by Crippen LogP contribution is -2.45. The first-order chi connectivity index (χ1) is 27.7. The van der Waals surface area contributed by atoms with Gasteiger partial charge in [-0.25, -0.2) is 0 Å². The highest BCUT2D eigenvalue weighted by atomic mass is 16.3. The van der Waals surface area contributed by atoms with Gasteiger partial charge in [0.25, 0.3) is 0 Å². The van der Waals surface area contributed by atoms with Crippen molar-refractivity contribution in [2.75, 3.05) is 6.61 Å². The fraction of sp³-hybridized carbons (Fsp3) is 0.865. The molecule has 0 aromatic heterocycles. The van der Waals surface area contributed by atoms with Crippen LogP contribution < -0.4 is 5.32 Å². The minimum Gasteiger partial charge on any atom is -0.394 e. The summed E-state index contributed by atoms with van der Waals surface area (Å²) in [7, 11) is 0. The molecule has 0 aliphatic rings. The summed E-state index contributed by atoms with van der Waals surface area (Å²) in [5.41, 5.74) is 0. The number of hydrogen-bond acceptors (Lipinski definition) is 3. The largest absolute Gasteiger partial charge is 0.394 e. The highest BCUT2D eigenvalue weighted by molar-refractivity contribution is 5.76. The number of aliphatic hydroxyl groups is 2. The molecule has 0 rings (SSSR count). The topological polar surface area (TPSA) is 69.6 Å². The number of hydrogen-bond donors (Lipinski definition) is 3. The van der Waals surface area contributed by atoms with Crippen molar-refractivity contribution in [1.82, 2.24) is 5.32 Å². The molecule has 0 spiro atoms. The molecule has 0 aliphatic heterocycles. The van der Waals surface area contributed by atoms with E-state index in [1.165, 1.54) is 212 Å². The second-order valence-electron chi connectivity index (χ2n) is 17.2. The van der Waals surface area contributed by atoms with Gasteiger partial charge < -0.3 is 15.5 Å². The molecule has 3 N–H and O–H groups in total. The first-order valence-electron chi connectivity index (χ1n) is 25.2. The van der Waals surface area contributed by atoms with E-state index < -0.39 is 12.1 Å². The van der Waals surface area contributed by atoms with E-state index in [9.17, 15) is 15.0 Å². The summed E-state index contributed by atoms with van der Waals surface area (Å²) >= 11 is 0. The summed E-state index contributed by atoms with van der Waals surface area (Å²) in [5.74, 6) is -0.0782. The zero-order chi connectivity index (χ0) is 40.7. The van der Waals surface area contributed by atoms with Crippen molar-refractivity contribution in [3.05, 3.63) is 36.5 Å². The normalized spacial score (nSPS) is 13.1. The molecule has 0 heterocycles. The smallest absolute Gasteiger partial charge is 0.220 e. The Morgan fingerprint density at radius 1 is 0.411 bits per heavy atom. The van der Waals surface area contributed by atoms with E-state index in [-0.39, 0.29) is 12.5 Å². The maximum Gasteiger partial charge on any atom is 0.220 e. The van der Waals surface area contributed by atoms with Crippen molar-refractivity contribution >= 4 is 5.91 Å². The second-order valence-corrected chi connectivity index (χ2v) is 17.2. The number of nitrogens with one attached hydrogen (secondary N) is 1. The molecule has 0 aliphatic carbocycles. The van der Waals surface area contributed by atoms with Crippen LogP contribution in [0.1, 0.15) is 271 Å². The number of aliphatic hydroxyl groups excluding tert-OH is 2. The predicted octanol–water partition coefficient (Wildman–Crippen LogP) is 16.1. The molecule has 4 nitrogen and oxygen atoms in total. The molecule has 56 heavy (non-hydrogen) atoms. The summed E-state index contributed by atoms with van der Waals surface area (Å²) in [4.78, 5) is 12.3. The Bertz CT molecular complexity index is 851. The van der Waals surface area contributed by atoms with Crippen LogP contribution >= 0.6 is 0 Å². The average Bonchev–Trinajstić information content (AvgIpc) is 3.20. The van der Waals surface area contributed by atoms with Crippen molar-refractivity contribution < 1.29 is 15.0 Å². The summed E-state index contributed by atoms with van der Waals surface area (Å²) in [6, 6.07) is -0.642. The third-order valence-corrected chi connectivity index (χ3v) is 11.6. The molecule has 0 aromatic carbocycles. The first-order valence-corrected chi connectivity index (χ1v) is 25.2. The highest BCUT2D eigenvalue weighted by Crippen LogP contribution is 2.16. The fourth-order valence-electron chi connectivity index (χ4n) is 7.74. The van der Waals surface area contributed by atoms with E-state index in [2.05, 4.69) is 43.5 Å². The van der Waals surface area contributed by atoms with Crippen LogP contribution in [0.5, 0.6) is 0 Å². The number of amides is 1. The zero-order valence-electron chi connectivity index (χ0n) is 37.9. The van der Waals surface area contributed by atoms with Crippen LogP contribution in [0.3, 0.4) is 0 Å². The highest BCUT2D eigenvalue weighted by Gasteiger charge is 2.17. The van der Waals surface area contributed by atoms with E-state index in [4.69, 9.17) is 0 Å². The molecule has 2 atom stereocenters. The Hall–Kier alpha value is -1.39. The number of rotatable bonds is 46. The number of carbonyl (C=O) groups excluding carboxylic acids is 1. The molecule has 0 saturated heterocycles. The van der Waals surface area contributed by atoms with E-state index in [0.29, 0.717) is 6.42 Å². The molecule has 1 amide bonds. The van der Waals surface area contributed by atoms with Crippen LogP contribution in [0, 0.1) is 0 Å². The van der Waals surface area contributed by atoms with Gasteiger partial charge in [0.15, 0.2) is 0 Å². The van der Waals surface area contributed by atoms with Crippen LogP contribution in [0.25, 0.3) is 0 Å². The lowest BCUT2D eigenvalue weighted by Gasteiger charge is -2.19. The maximum absolute atomic E-state index is 12.3. The minimum absolute atomic E-state index is 0.0782. The number of allylic oxidation sites excluding steroid dienone is 5. The van der Waals surface area contributed by atoms with Crippen LogP contribution in [0.15, 0.2) is 36.5 Å². The van der Waals surface area contributed by atoms with Gasteiger partial charge in [-0.15, -0.1) is 0 Å². The van der Waals surface area contributed by atoms with Crippen LogP contribution in [0.2, 0.25) is 0 Å². The Morgan fingerprint density at radius 3 is 1.04 bits per heavy atom. The van der Waals surface area contributed by atoms with Crippen molar-refractivity contribution in [1.29, 1.82) is 0 Å². The Morgan fingerprint density at radius 2 is 0.696 bits per heavy atom. The number of carbonyl (C=O) groups is 1. The molecule has 330 valence electrons. The van der Waals surface area contributed by atoms with Gasteiger partial charge in [0.05, 0.1) is 18.8 Å². The van der Waals surface area contributed by atoms with Crippen LogP contribution in [0.4, 0.5) is 0 Å². The van der Waals surface area contributed by atoms with E-state index in [1.54, 1.807) is 6.08 Å². The van der Waals surface area contributed by atoms with Gasteiger partial charge >= 0.3 is 0 Å². The minimum atomic E-state index is -0.867. The molecule has 0 radical (unpaired) electrons. The van der Waals surface area contributed by atoms with E-state index in [0.717, 1.165) is 38.5 Å². The van der Waals surface area contributed by atoms with E-state index in [1.807, 2.05) is 6.08 Å². The third-order valence-electron chi connectivity index (χ3n) is 11.6. The van der Waals surface area contributed by atoms with Crippen LogP contribution in [-0.4, -0.2) is 34.9 Å². The van der Waals surface area contributed by atoms with Crippen molar-refractivity contribution in [3.63, 3.8) is 0 Å². The van der Waals surface area contributed by atoms with Crippen molar-refractivity contribution in [2.45, 2.75) is 283 Å². The van der Waals surface area contributed by atoms with Gasteiger partial charge in [-0.05, 0) is 44.9 Å². The molecular formula is C52H99NO3. The summed E-state index contributed by atoms with van der Waals surface area (Å²) in [6.07, 6.45) is 64.5. The summed E-state index contributed by atoms with van der Waals surface area (Å²) in [5, 5.41) is 23.0. The van der Waals surface area contributed by atoms with Crippen LogP contribution in [-0.2, 0) is 4.79 Å². The molecule has 0 aromatic rings. The average molecular weight is 786 g/mol. The van der Waals surface area contributed by atoms with Crippen molar-refractivity contribution in [2.24, 2.45) is 0 Å². The predicted molar refractivity (Wildman–Crippen MR) is 248 cm³/mol. The van der Waals surface area contributed by atoms with E-state index >= 15 is 0 Å². The molecule has 4 heteroatoms. The molecule has 0 saturated carbocycles. The third kappa shape index (κ3) is 43.7. The second kappa shape index (κ2) is 48.0. The number of unbranched alkanes of at least 4 members (excludes halogenated alkanes) is 35. The quantitative estimate of drug-likeness (QED) is 0.0425. The lowest BCUT2D eigenvalue weighted by atomic mass is 10.0.